The Morgan fingerprint density at radius 1 is 1.10 bits per heavy atom. The van der Waals surface area contributed by atoms with Gasteiger partial charge in [-0.1, -0.05) is 30.9 Å². The molecule has 1 unspecified atom stereocenters. The molecular weight excluding hydrogens is 120 g/mol. The predicted octanol–water partition coefficient (Wildman–Crippen LogP) is 3.29. The summed E-state index contributed by atoms with van der Waals surface area (Å²) >= 11 is 0. The Hall–Kier alpha value is -0.260. The lowest BCUT2D eigenvalue weighted by Crippen LogP contribution is -2.13. The maximum absolute atomic E-state index is 2.45. The van der Waals surface area contributed by atoms with Crippen LogP contribution in [0.15, 0.2) is 11.6 Å². The van der Waals surface area contributed by atoms with Gasteiger partial charge in [0, 0.05) is 0 Å². The van der Waals surface area contributed by atoms with E-state index in [0.717, 1.165) is 5.92 Å². The molecule has 1 atom stereocenters. The SMILES string of the molecule is C1=C2CCCCCCC2C1. The summed E-state index contributed by atoms with van der Waals surface area (Å²) in [5.41, 5.74) is 1.79. The Morgan fingerprint density at radius 3 is 2.80 bits per heavy atom. The highest BCUT2D eigenvalue weighted by atomic mass is 14.3. The number of allylic oxidation sites excluding steroid dienone is 2. The van der Waals surface area contributed by atoms with E-state index in [0.29, 0.717) is 0 Å². The third-order valence-electron chi connectivity index (χ3n) is 2.96. The molecule has 0 saturated heterocycles. The number of hydrogen-bond acceptors (Lipinski definition) is 0. The average molecular weight is 136 g/mol. The van der Waals surface area contributed by atoms with Crippen LogP contribution in [-0.2, 0) is 0 Å². The first kappa shape index (κ1) is 6.45. The molecule has 2 aliphatic rings. The van der Waals surface area contributed by atoms with Crippen LogP contribution in [0.2, 0.25) is 0 Å². The fourth-order valence-electron chi connectivity index (χ4n) is 2.13. The van der Waals surface area contributed by atoms with Crippen LogP contribution in [0.4, 0.5) is 0 Å². The number of rotatable bonds is 0. The van der Waals surface area contributed by atoms with E-state index in [1.54, 1.807) is 5.57 Å². The standard InChI is InChI=1S/C10H16/c1-2-4-6-10-8-7-9(10)5-3-1/h7,10H,1-6,8H2. The second-order valence-corrected chi connectivity index (χ2v) is 3.66. The predicted molar refractivity (Wildman–Crippen MR) is 43.9 cm³/mol. The molecule has 0 amide bonds. The Morgan fingerprint density at radius 2 is 2.00 bits per heavy atom. The molecule has 1 saturated carbocycles. The summed E-state index contributed by atoms with van der Waals surface area (Å²) < 4.78 is 0. The first-order valence-electron chi connectivity index (χ1n) is 4.66. The van der Waals surface area contributed by atoms with Crippen LogP contribution in [-0.4, -0.2) is 0 Å². The van der Waals surface area contributed by atoms with E-state index in [2.05, 4.69) is 6.08 Å². The normalized spacial score (nSPS) is 32.8. The first-order chi connectivity index (χ1) is 4.97. The van der Waals surface area contributed by atoms with Crippen molar-refractivity contribution in [3.63, 3.8) is 0 Å². The molecule has 0 N–H and O–H groups in total. The van der Waals surface area contributed by atoms with Gasteiger partial charge >= 0.3 is 0 Å². The third kappa shape index (κ3) is 1.12. The summed E-state index contributed by atoms with van der Waals surface area (Å²) in [5, 5.41) is 0. The van der Waals surface area contributed by atoms with Gasteiger partial charge in [-0.2, -0.15) is 0 Å². The van der Waals surface area contributed by atoms with E-state index in [-0.39, 0.29) is 0 Å². The van der Waals surface area contributed by atoms with Crippen molar-refractivity contribution >= 4 is 0 Å². The molecule has 10 heavy (non-hydrogen) atoms. The number of hydrogen-bond donors (Lipinski definition) is 0. The summed E-state index contributed by atoms with van der Waals surface area (Å²) in [6, 6.07) is 0. The molecule has 0 spiro atoms. The number of fused-ring (bicyclic) bond motifs is 1. The van der Waals surface area contributed by atoms with Crippen molar-refractivity contribution in [2.45, 2.75) is 44.9 Å². The fraction of sp³-hybridized carbons (Fsp3) is 0.800. The summed E-state index contributed by atoms with van der Waals surface area (Å²) in [5.74, 6) is 1.03. The third-order valence-corrected chi connectivity index (χ3v) is 2.96. The van der Waals surface area contributed by atoms with Gasteiger partial charge in [0.05, 0.1) is 0 Å². The summed E-state index contributed by atoms with van der Waals surface area (Å²) in [6.45, 7) is 0. The van der Waals surface area contributed by atoms with Crippen LogP contribution < -0.4 is 0 Å². The van der Waals surface area contributed by atoms with Crippen LogP contribution in [0.3, 0.4) is 0 Å². The molecule has 0 radical (unpaired) electrons. The van der Waals surface area contributed by atoms with Crippen LogP contribution in [0.1, 0.15) is 44.9 Å². The molecule has 0 aromatic rings. The smallest absolute Gasteiger partial charge is 0.0169 e. The summed E-state index contributed by atoms with van der Waals surface area (Å²) in [4.78, 5) is 0. The molecule has 2 aliphatic carbocycles. The Kier molecular flexibility index (Phi) is 1.79. The van der Waals surface area contributed by atoms with Crippen molar-refractivity contribution in [1.82, 2.24) is 0 Å². The summed E-state index contributed by atoms with van der Waals surface area (Å²) in [7, 11) is 0. The maximum atomic E-state index is 2.45. The molecule has 1 fully saturated rings. The maximum Gasteiger partial charge on any atom is -0.0169 e. The van der Waals surface area contributed by atoms with Crippen LogP contribution >= 0.6 is 0 Å². The minimum Gasteiger partial charge on any atom is -0.0844 e. The zero-order valence-electron chi connectivity index (χ0n) is 6.60. The molecule has 56 valence electrons. The van der Waals surface area contributed by atoms with Crippen molar-refractivity contribution in [1.29, 1.82) is 0 Å². The molecular formula is C10H16. The Labute approximate surface area is 63.3 Å². The van der Waals surface area contributed by atoms with E-state index < -0.39 is 0 Å². The van der Waals surface area contributed by atoms with Crippen LogP contribution in [0.25, 0.3) is 0 Å². The molecule has 0 bridgehead atoms. The summed E-state index contributed by atoms with van der Waals surface area (Å²) in [6.07, 6.45) is 12.7. The second kappa shape index (κ2) is 2.77. The average Bonchev–Trinajstić information content (AvgIpc) is 1.89. The van der Waals surface area contributed by atoms with Crippen molar-refractivity contribution in [3.8, 4) is 0 Å². The van der Waals surface area contributed by atoms with E-state index in [1.165, 1.54) is 44.9 Å². The quantitative estimate of drug-likeness (QED) is 0.448. The van der Waals surface area contributed by atoms with Crippen molar-refractivity contribution in [3.05, 3.63) is 11.6 Å². The van der Waals surface area contributed by atoms with Gasteiger partial charge in [0.2, 0.25) is 0 Å². The lowest BCUT2D eigenvalue weighted by atomic mass is 9.77. The molecule has 0 aliphatic heterocycles. The van der Waals surface area contributed by atoms with Gasteiger partial charge in [-0.05, 0) is 31.6 Å². The highest BCUT2D eigenvalue weighted by Crippen LogP contribution is 2.36. The minimum absolute atomic E-state index is 1.03. The lowest BCUT2D eigenvalue weighted by Gasteiger charge is -2.29. The van der Waals surface area contributed by atoms with E-state index in [9.17, 15) is 0 Å². The van der Waals surface area contributed by atoms with Gasteiger partial charge in [0.1, 0.15) is 0 Å². The monoisotopic (exact) mass is 136 g/mol. The molecule has 0 aromatic carbocycles. The van der Waals surface area contributed by atoms with Crippen molar-refractivity contribution in [2.75, 3.05) is 0 Å². The fourth-order valence-corrected chi connectivity index (χ4v) is 2.13. The first-order valence-corrected chi connectivity index (χ1v) is 4.66. The molecule has 0 aromatic heterocycles. The second-order valence-electron chi connectivity index (χ2n) is 3.66. The van der Waals surface area contributed by atoms with Gasteiger partial charge in [-0.3, -0.25) is 0 Å². The Balaban J connectivity index is 1.93. The largest absolute Gasteiger partial charge is 0.0844 e. The van der Waals surface area contributed by atoms with Crippen LogP contribution in [0.5, 0.6) is 0 Å². The van der Waals surface area contributed by atoms with Gasteiger partial charge in [-0.25, -0.2) is 0 Å². The minimum atomic E-state index is 1.03. The highest BCUT2D eigenvalue weighted by Gasteiger charge is 2.21. The van der Waals surface area contributed by atoms with Crippen LogP contribution in [0, 0.1) is 5.92 Å². The van der Waals surface area contributed by atoms with Gasteiger partial charge in [0.15, 0.2) is 0 Å². The molecule has 0 heterocycles. The van der Waals surface area contributed by atoms with E-state index >= 15 is 0 Å². The van der Waals surface area contributed by atoms with Crippen molar-refractivity contribution < 1.29 is 0 Å². The van der Waals surface area contributed by atoms with Gasteiger partial charge in [-0.15, -0.1) is 0 Å². The highest BCUT2D eigenvalue weighted by molar-refractivity contribution is 5.17. The zero-order valence-corrected chi connectivity index (χ0v) is 6.60. The lowest BCUT2D eigenvalue weighted by molar-refractivity contribution is 0.428. The topological polar surface area (TPSA) is 0 Å². The van der Waals surface area contributed by atoms with Crippen molar-refractivity contribution in [2.24, 2.45) is 5.92 Å². The molecule has 0 heteroatoms. The molecule has 0 nitrogen and oxygen atoms in total. The van der Waals surface area contributed by atoms with Gasteiger partial charge in [0.25, 0.3) is 0 Å². The Bertz CT molecular complexity index is 144. The molecule has 2 rings (SSSR count). The van der Waals surface area contributed by atoms with E-state index in [1.807, 2.05) is 0 Å². The van der Waals surface area contributed by atoms with Gasteiger partial charge < -0.3 is 0 Å². The zero-order chi connectivity index (χ0) is 6.81. The van der Waals surface area contributed by atoms with E-state index in [4.69, 9.17) is 0 Å².